The van der Waals surface area contributed by atoms with Crippen LogP contribution in [0.4, 0.5) is 0 Å². The molecule has 0 bridgehead atoms. The van der Waals surface area contributed by atoms with Gasteiger partial charge in [-0.25, -0.2) is 4.89 Å². The molecule has 2 rings (SSSR count). The van der Waals surface area contributed by atoms with Crippen LogP contribution in [0, 0.1) is 0 Å². The van der Waals surface area contributed by atoms with Crippen LogP contribution in [0.15, 0.2) is 24.3 Å². The fourth-order valence-electron chi connectivity index (χ4n) is 0.861. The van der Waals surface area contributed by atoms with Gasteiger partial charge < -0.3 is 0 Å². The molecule has 4 heteroatoms. The Hall–Kier alpha value is -0.500. The number of hydrogen-bond acceptors (Lipinski definition) is 2. The number of para-hydroxylation sites is 1. The summed E-state index contributed by atoms with van der Waals surface area (Å²) in [6.45, 7) is 0. The van der Waals surface area contributed by atoms with Crippen LogP contribution in [-0.4, -0.2) is 5.80 Å². The van der Waals surface area contributed by atoms with Gasteiger partial charge >= 0.3 is 8.43 Å². The van der Waals surface area contributed by atoms with E-state index in [2.05, 4.69) is 3.75 Å². The first kappa shape index (κ1) is 7.17. The van der Waals surface area contributed by atoms with Crippen molar-refractivity contribution in [2.45, 2.75) is 0 Å². The summed E-state index contributed by atoms with van der Waals surface area (Å²) >= 11 is 4.75. The largest absolute Gasteiger partial charge is 0.314 e. The molecule has 1 aliphatic heterocycles. The Morgan fingerprint density at radius 2 is 2.18 bits per heavy atom. The van der Waals surface area contributed by atoms with Gasteiger partial charge in [-0.05, 0) is 6.07 Å². The average molecular weight is 184 g/mol. The summed E-state index contributed by atoms with van der Waals surface area (Å²) < 4.78 is 2.10. The summed E-state index contributed by atoms with van der Waals surface area (Å²) in [6, 6.07) is 7.76. The first-order chi connectivity index (χ1) is 5.36. The molecule has 0 radical (unpaired) electrons. The van der Waals surface area contributed by atoms with Crippen molar-refractivity contribution in [1.82, 2.24) is 0 Å². The molecule has 2 nitrogen and oxygen atoms in total. The van der Waals surface area contributed by atoms with E-state index >= 15 is 0 Å². The van der Waals surface area contributed by atoms with E-state index in [0.29, 0.717) is 0 Å². The van der Waals surface area contributed by atoms with E-state index in [0.717, 1.165) is 19.7 Å². The fourth-order valence-corrected chi connectivity index (χ4v) is 1.60. The van der Waals surface area contributed by atoms with Crippen LogP contribution in [0.25, 0.3) is 0 Å². The highest BCUT2D eigenvalue weighted by Gasteiger charge is 2.11. The summed E-state index contributed by atoms with van der Waals surface area (Å²) in [5.74, 6) is 2.78. The topological polar surface area (TPSA) is 11.9 Å². The SMILES string of the molecule is [S-][O+]1Oc2ccccc2C=P1. The molecule has 1 aromatic rings. The Morgan fingerprint density at radius 1 is 1.36 bits per heavy atom. The first-order valence-electron chi connectivity index (χ1n) is 3.09. The van der Waals surface area contributed by atoms with Crippen LogP contribution in [0.3, 0.4) is 0 Å². The first-order valence-corrected chi connectivity index (χ1v) is 4.31. The Labute approximate surface area is 71.9 Å². The second-order valence-corrected chi connectivity index (χ2v) is 3.42. The standard InChI is InChI=1S/C7H5O2PS/c11-9-8-7-4-2-1-3-6(7)5-10-9/h1-5H. The van der Waals surface area contributed by atoms with E-state index in [-0.39, 0.29) is 0 Å². The van der Waals surface area contributed by atoms with Gasteiger partial charge in [0.2, 0.25) is 5.75 Å². The molecule has 1 heterocycles. The zero-order valence-electron chi connectivity index (χ0n) is 5.56. The lowest BCUT2D eigenvalue weighted by Crippen LogP contribution is -2.05. The van der Waals surface area contributed by atoms with E-state index in [1.807, 2.05) is 30.1 Å². The van der Waals surface area contributed by atoms with E-state index in [1.54, 1.807) is 0 Å². The molecule has 0 spiro atoms. The van der Waals surface area contributed by atoms with Gasteiger partial charge in [0.15, 0.2) is 0 Å². The Kier molecular flexibility index (Phi) is 1.86. The Bertz CT molecular complexity index is 300. The summed E-state index contributed by atoms with van der Waals surface area (Å²) in [4.78, 5) is 5.15. The van der Waals surface area contributed by atoms with Crippen LogP contribution in [-0.2, 0) is 16.7 Å². The molecule has 0 amide bonds. The highest BCUT2D eigenvalue weighted by molar-refractivity contribution is 7.60. The molecule has 0 saturated carbocycles. The number of benzene rings is 1. The van der Waals surface area contributed by atoms with E-state index < -0.39 is 0 Å². The molecule has 0 atom stereocenters. The maximum atomic E-state index is 5.15. The van der Waals surface area contributed by atoms with Crippen molar-refractivity contribution in [2.24, 2.45) is 0 Å². The molecule has 56 valence electrons. The van der Waals surface area contributed by atoms with Gasteiger partial charge in [-0.15, -0.1) is 0 Å². The predicted octanol–water partition coefficient (Wildman–Crippen LogP) is 2.02. The quantitative estimate of drug-likeness (QED) is 0.264. The maximum absolute atomic E-state index is 5.15. The third kappa shape index (κ3) is 1.41. The molecular formula is C7H5O2PS. The molecule has 11 heavy (non-hydrogen) atoms. The molecule has 0 unspecified atom stereocenters. The van der Waals surface area contributed by atoms with Crippen LogP contribution in [0.5, 0.6) is 5.75 Å². The molecular weight excluding hydrogens is 179 g/mol. The van der Waals surface area contributed by atoms with Crippen molar-refractivity contribution in [2.75, 3.05) is 0 Å². The molecule has 0 aromatic heterocycles. The third-order valence-electron chi connectivity index (χ3n) is 1.36. The number of rotatable bonds is 0. The average Bonchev–Trinajstić information content (AvgIpc) is 2.04. The van der Waals surface area contributed by atoms with Gasteiger partial charge in [0, 0.05) is 5.56 Å². The van der Waals surface area contributed by atoms with Gasteiger partial charge in [0.05, 0.1) is 5.80 Å². The second kappa shape index (κ2) is 2.86. The highest BCUT2D eigenvalue weighted by atomic mass is 32.1. The molecule has 0 saturated heterocycles. The summed E-state index contributed by atoms with van der Waals surface area (Å²) in [5, 5.41) is 0. The predicted molar refractivity (Wildman–Crippen MR) is 47.6 cm³/mol. The number of fused-ring (bicyclic) bond motifs is 1. The van der Waals surface area contributed by atoms with Gasteiger partial charge in [-0.3, -0.25) is 16.7 Å². The zero-order valence-corrected chi connectivity index (χ0v) is 7.27. The van der Waals surface area contributed by atoms with Crippen molar-refractivity contribution in [3.8, 4) is 5.75 Å². The van der Waals surface area contributed by atoms with E-state index in [1.165, 1.54) is 0 Å². The van der Waals surface area contributed by atoms with Crippen LogP contribution in [0.1, 0.15) is 5.56 Å². The molecule has 0 aliphatic carbocycles. The zero-order chi connectivity index (χ0) is 7.68. The van der Waals surface area contributed by atoms with E-state index in [9.17, 15) is 0 Å². The minimum atomic E-state index is 0.797. The summed E-state index contributed by atoms with van der Waals surface area (Å²) in [7, 11) is 0.819. The summed E-state index contributed by atoms with van der Waals surface area (Å²) in [5.41, 5.74) is 1.09. The second-order valence-electron chi connectivity index (χ2n) is 2.07. The van der Waals surface area contributed by atoms with Crippen LogP contribution in [0.2, 0.25) is 0 Å². The Balaban J connectivity index is 2.46. The fraction of sp³-hybridized carbons (Fsp3) is 0. The van der Waals surface area contributed by atoms with Crippen LogP contribution < -0.4 is 4.89 Å². The normalized spacial score (nSPS) is 17.2. The van der Waals surface area contributed by atoms with Crippen molar-refractivity contribution in [3.63, 3.8) is 0 Å². The highest BCUT2D eigenvalue weighted by Crippen LogP contribution is 2.28. The van der Waals surface area contributed by atoms with Crippen molar-refractivity contribution in [3.05, 3.63) is 29.8 Å². The van der Waals surface area contributed by atoms with Crippen molar-refractivity contribution >= 4 is 27.1 Å². The molecule has 0 N–H and O–H groups in total. The van der Waals surface area contributed by atoms with Gasteiger partial charge in [0.25, 0.3) is 0 Å². The minimum Gasteiger partial charge on any atom is -0.286 e. The smallest absolute Gasteiger partial charge is 0.286 e. The van der Waals surface area contributed by atoms with E-state index in [4.69, 9.17) is 17.8 Å². The summed E-state index contributed by atoms with van der Waals surface area (Å²) in [6.07, 6.45) is 0. The monoisotopic (exact) mass is 184 g/mol. The van der Waals surface area contributed by atoms with Crippen molar-refractivity contribution in [1.29, 1.82) is 0 Å². The van der Waals surface area contributed by atoms with Gasteiger partial charge in [-0.1, -0.05) is 18.2 Å². The lowest BCUT2D eigenvalue weighted by Gasteiger charge is -2.16. The van der Waals surface area contributed by atoms with Gasteiger partial charge in [0.1, 0.15) is 0 Å². The third-order valence-corrected chi connectivity index (χ3v) is 2.31. The van der Waals surface area contributed by atoms with Crippen LogP contribution >= 0.6 is 8.43 Å². The minimum absolute atomic E-state index is 0.797. The molecule has 1 aromatic carbocycles. The lowest BCUT2D eigenvalue weighted by molar-refractivity contribution is -0.146. The number of hydrogen-bond donors (Lipinski definition) is 0. The maximum Gasteiger partial charge on any atom is 0.314 e. The molecule has 0 fully saturated rings. The van der Waals surface area contributed by atoms with Crippen molar-refractivity contribution < 1.29 is 8.64 Å². The van der Waals surface area contributed by atoms with Gasteiger partial charge in [-0.2, -0.15) is 0 Å². The molecule has 1 aliphatic rings. The Morgan fingerprint density at radius 3 is 3.09 bits per heavy atom. The lowest BCUT2D eigenvalue weighted by atomic mass is 10.2.